The fourth-order valence-electron chi connectivity index (χ4n) is 1.69. The molecule has 0 amide bonds. The van der Waals surface area contributed by atoms with E-state index in [1.807, 2.05) is 0 Å². The van der Waals surface area contributed by atoms with Crippen LogP contribution in [0.5, 0.6) is 5.75 Å². The van der Waals surface area contributed by atoms with Crippen LogP contribution in [0.2, 0.25) is 5.02 Å². The second kappa shape index (κ2) is 5.59. The van der Waals surface area contributed by atoms with Crippen LogP contribution >= 0.6 is 11.6 Å². The molecule has 2 N–H and O–H groups in total. The summed E-state index contributed by atoms with van der Waals surface area (Å²) in [6.07, 6.45) is 1.49. The third-order valence-corrected chi connectivity index (χ3v) is 2.94. The Bertz CT molecular complexity index is 647. The van der Waals surface area contributed by atoms with E-state index >= 15 is 0 Å². The van der Waals surface area contributed by atoms with Crippen molar-refractivity contribution in [2.75, 3.05) is 0 Å². The highest BCUT2D eigenvalue weighted by molar-refractivity contribution is 6.33. The fourth-order valence-corrected chi connectivity index (χ4v) is 1.88. The van der Waals surface area contributed by atoms with E-state index in [2.05, 4.69) is 0 Å². The maximum Gasteiger partial charge on any atom is 0.336 e. The maximum absolute atomic E-state index is 11.3. The number of hydrogen-bond acceptors (Lipinski definition) is 2. The van der Waals surface area contributed by atoms with Gasteiger partial charge in [-0.3, -0.25) is 0 Å². The Morgan fingerprint density at radius 3 is 2.47 bits per heavy atom. The topological polar surface area (TPSA) is 57.5 Å². The Hall–Kier alpha value is -2.26. The zero-order chi connectivity index (χ0) is 13.8. The second-order valence-corrected chi connectivity index (χ2v) is 4.34. The van der Waals surface area contributed by atoms with Gasteiger partial charge in [0.2, 0.25) is 0 Å². The molecule has 0 fully saturated rings. The molecule has 0 radical (unpaired) electrons. The van der Waals surface area contributed by atoms with Crippen molar-refractivity contribution in [2.45, 2.75) is 0 Å². The van der Waals surface area contributed by atoms with Crippen LogP contribution in [0.15, 0.2) is 48.5 Å². The summed E-state index contributed by atoms with van der Waals surface area (Å²) in [5, 5.41) is 19.2. The standard InChI is InChI=1S/C15H11ClO3/c16-14-7-2-1-4-11(14)9-13(15(18)19)10-5-3-6-12(17)8-10/h1-9,17H,(H,18,19)/b13-9-. The molecule has 0 bridgehead atoms. The molecule has 3 nitrogen and oxygen atoms in total. The minimum absolute atomic E-state index is 0.0174. The maximum atomic E-state index is 11.3. The predicted molar refractivity (Wildman–Crippen MR) is 75.1 cm³/mol. The van der Waals surface area contributed by atoms with Gasteiger partial charge in [0, 0.05) is 5.02 Å². The average molecular weight is 275 g/mol. The number of phenols is 1. The van der Waals surface area contributed by atoms with Gasteiger partial charge in [-0.1, -0.05) is 41.9 Å². The van der Waals surface area contributed by atoms with Crippen molar-refractivity contribution in [3.05, 3.63) is 64.7 Å². The average Bonchev–Trinajstić information content (AvgIpc) is 2.37. The van der Waals surface area contributed by atoms with Crippen LogP contribution in [-0.4, -0.2) is 16.2 Å². The smallest absolute Gasteiger partial charge is 0.336 e. The molecule has 0 aliphatic rings. The van der Waals surface area contributed by atoms with Gasteiger partial charge in [-0.05, 0) is 35.4 Å². The summed E-state index contributed by atoms with van der Waals surface area (Å²) in [5.74, 6) is -1.06. The van der Waals surface area contributed by atoms with Crippen molar-refractivity contribution < 1.29 is 15.0 Å². The summed E-state index contributed by atoms with van der Waals surface area (Å²) in [7, 11) is 0. The highest BCUT2D eigenvalue weighted by Gasteiger charge is 2.11. The van der Waals surface area contributed by atoms with Gasteiger partial charge >= 0.3 is 5.97 Å². The van der Waals surface area contributed by atoms with E-state index in [4.69, 9.17) is 11.6 Å². The number of carboxylic acids is 1. The summed E-state index contributed by atoms with van der Waals surface area (Å²) >= 11 is 6.00. The predicted octanol–water partition coefficient (Wildman–Crippen LogP) is 3.67. The van der Waals surface area contributed by atoms with Crippen LogP contribution in [0.25, 0.3) is 11.6 Å². The van der Waals surface area contributed by atoms with Crippen molar-refractivity contribution >= 4 is 29.2 Å². The molecule has 0 aliphatic heterocycles. The first kappa shape index (κ1) is 13.2. The lowest BCUT2D eigenvalue weighted by molar-refractivity contribution is -0.130. The van der Waals surface area contributed by atoms with E-state index in [0.717, 1.165) is 0 Å². The van der Waals surface area contributed by atoms with Crippen molar-refractivity contribution in [2.24, 2.45) is 0 Å². The van der Waals surface area contributed by atoms with Crippen LogP contribution in [0.4, 0.5) is 0 Å². The minimum atomic E-state index is -1.08. The summed E-state index contributed by atoms with van der Waals surface area (Å²) in [6, 6.07) is 13.1. The van der Waals surface area contributed by atoms with E-state index < -0.39 is 5.97 Å². The van der Waals surface area contributed by atoms with Crippen LogP contribution < -0.4 is 0 Å². The Kier molecular flexibility index (Phi) is 3.88. The van der Waals surface area contributed by atoms with Crippen molar-refractivity contribution in [1.29, 1.82) is 0 Å². The van der Waals surface area contributed by atoms with Gasteiger partial charge in [0.25, 0.3) is 0 Å². The second-order valence-electron chi connectivity index (χ2n) is 3.94. The van der Waals surface area contributed by atoms with Crippen molar-refractivity contribution in [3.8, 4) is 5.75 Å². The third-order valence-electron chi connectivity index (χ3n) is 2.59. The van der Waals surface area contributed by atoms with Gasteiger partial charge in [0.05, 0.1) is 5.57 Å². The van der Waals surface area contributed by atoms with Gasteiger partial charge in [-0.25, -0.2) is 4.79 Å². The van der Waals surface area contributed by atoms with Gasteiger partial charge in [0.15, 0.2) is 0 Å². The van der Waals surface area contributed by atoms with Crippen molar-refractivity contribution in [1.82, 2.24) is 0 Å². The molecule has 0 heterocycles. The van der Waals surface area contributed by atoms with E-state index in [1.165, 1.54) is 18.2 Å². The Balaban J connectivity index is 2.53. The number of aromatic hydroxyl groups is 1. The largest absolute Gasteiger partial charge is 0.508 e. The van der Waals surface area contributed by atoms with Gasteiger partial charge in [-0.15, -0.1) is 0 Å². The summed E-state index contributed by atoms with van der Waals surface area (Å²) in [6.45, 7) is 0. The molecule has 19 heavy (non-hydrogen) atoms. The lowest BCUT2D eigenvalue weighted by Crippen LogP contribution is -1.99. The normalized spacial score (nSPS) is 11.3. The zero-order valence-electron chi connectivity index (χ0n) is 9.88. The highest BCUT2D eigenvalue weighted by atomic mass is 35.5. The first-order valence-corrected chi connectivity index (χ1v) is 5.94. The molecule has 0 saturated carbocycles. The fraction of sp³-hybridized carbons (Fsp3) is 0. The highest BCUT2D eigenvalue weighted by Crippen LogP contribution is 2.25. The number of benzene rings is 2. The number of carbonyl (C=O) groups is 1. The Morgan fingerprint density at radius 1 is 1.11 bits per heavy atom. The molecule has 2 aromatic carbocycles. The molecule has 2 rings (SSSR count). The first-order chi connectivity index (χ1) is 9.08. The molecule has 0 spiro atoms. The monoisotopic (exact) mass is 274 g/mol. The molecule has 0 atom stereocenters. The quantitative estimate of drug-likeness (QED) is 0.663. The Morgan fingerprint density at radius 2 is 1.84 bits per heavy atom. The van der Waals surface area contributed by atoms with Crippen LogP contribution in [0.3, 0.4) is 0 Å². The molecule has 4 heteroatoms. The lowest BCUT2D eigenvalue weighted by Gasteiger charge is -2.05. The van der Waals surface area contributed by atoms with E-state index in [9.17, 15) is 15.0 Å². The minimum Gasteiger partial charge on any atom is -0.508 e. The van der Waals surface area contributed by atoms with Crippen LogP contribution in [0.1, 0.15) is 11.1 Å². The van der Waals surface area contributed by atoms with Crippen LogP contribution in [-0.2, 0) is 4.79 Å². The SMILES string of the molecule is O=C(O)/C(=C\c1ccccc1Cl)c1cccc(O)c1. The molecule has 0 saturated heterocycles. The number of phenolic OH excluding ortho intramolecular Hbond substituents is 1. The molecule has 96 valence electrons. The molecular formula is C15H11ClO3. The molecule has 0 aliphatic carbocycles. The van der Waals surface area contributed by atoms with Gasteiger partial charge < -0.3 is 10.2 Å². The molecule has 0 aromatic heterocycles. The summed E-state index contributed by atoms with van der Waals surface area (Å²) < 4.78 is 0. The molecule has 0 unspecified atom stereocenters. The number of halogens is 1. The third kappa shape index (κ3) is 3.14. The van der Waals surface area contributed by atoms with E-state index in [1.54, 1.807) is 36.4 Å². The van der Waals surface area contributed by atoms with E-state index in [0.29, 0.717) is 16.1 Å². The van der Waals surface area contributed by atoms with Gasteiger partial charge in [0.1, 0.15) is 5.75 Å². The number of aliphatic carboxylic acids is 1. The van der Waals surface area contributed by atoms with Crippen molar-refractivity contribution in [3.63, 3.8) is 0 Å². The summed E-state index contributed by atoms with van der Waals surface area (Å²) in [4.78, 5) is 11.3. The number of rotatable bonds is 3. The molecular weight excluding hydrogens is 264 g/mol. The zero-order valence-corrected chi connectivity index (χ0v) is 10.6. The van der Waals surface area contributed by atoms with E-state index in [-0.39, 0.29) is 11.3 Å². The number of hydrogen-bond donors (Lipinski definition) is 2. The van der Waals surface area contributed by atoms with Crippen LogP contribution in [0, 0.1) is 0 Å². The van der Waals surface area contributed by atoms with Gasteiger partial charge in [-0.2, -0.15) is 0 Å². The number of carboxylic acid groups (broad SMARTS) is 1. The summed E-state index contributed by atoms with van der Waals surface area (Å²) in [5.41, 5.74) is 1.11. The Labute approximate surface area is 115 Å². The first-order valence-electron chi connectivity index (χ1n) is 5.57. The lowest BCUT2D eigenvalue weighted by atomic mass is 10.0. The molecule has 2 aromatic rings.